The predicted octanol–water partition coefficient (Wildman–Crippen LogP) is 4.63. The van der Waals surface area contributed by atoms with E-state index < -0.39 is 0 Å². The number of hydrogen-bond donors (Lipinski definition) is 3. The number of rotatable bonds is 4. The highest BCUT2D eigenvalue weighted by molar-refractivity contribution is 5.13. The summed E-state index contributed by atoms with van der Waals surface area (Å²) >= 11 is 0. The average Bonchev–Trinajstić information content (AvgIpc) is 3.01. The maximum Gasteiger partial charge on any atom is 0.0605 e. The van der Waals surface area contributed by atoms with Crippen LogP contribution in [0.2, 0.25) is 0 Å². The van der Waals surface area contributed by atoms with Crippen molar-refractivity contribution in [3.05, 3.63) is 0 Å². The molecule has 0 aromatic rings. The van der Waals surface area contributed by atoms with Crippen LogP contribution in [0.3, 0.4) is 0 Å². The van der Waals surface area contributed by atoms with Crippen molar-refractivity contribution in [2.45, 2.75) is 97.7 Å². The van der Waals surface area contributed by atoms with Crippen LogP contribution in [0.15, 0.2) is 0 Å². The van der Waals surface area contributed by atoms with Gasteiger partial charge >= 0.3 is 0 Å². The van der Waals surface area contributed by atoms with E-state index in [-0.39, 0.29) is 12.2 Å². The van der Waals surface area contributed by atoms with Crippen molar-refractivity contribution in [1.29, 1.82) is 0 Å². The van der Waals surface area contributed by atoms with Gasteiger partial charge in [0.2, 0.25) is 0 Å². The molecule has 0 radical (unpaired) electrons. The molecule has 3 heteroatoms. The zero-order valence-corrected chi connectivity index (χ0v) is 18.6. The molecular weight excluding hydrogens is 348 g/mol. The molecule has 0 heterocycles. The van der Waals surface area contributed by atoms with Gasteiger partial charge in [0.25, 0.3) is 0 Å². The fourth-order valence-corrected chi connectivity index (χ4v) is 9.34. The van der Waals surface area contributed by atoms with Gasteiger partial charge in [-0.3, -0.25) is 0 Å². The summed E-state index contributed by atoms with van der Waals surface area (Å²) < 4.78 is 0. The van der Waals surface area contributed by atoms with Crippen LogP contribution in [0, 0.1) is 52.3 Å². The second-order valence-corrected chi connectivity index (χ2v) is 11.6. The first-order chi connectivity index (χ1) is 13.3. The molecule has 0 aromatic carbocycles. The van der Waals surface area contributed by atoms with Gasteiger partial charge in [0, 0.05) is 6.61 Å². The van der Waals surface area contributed by atoms with Crippen molar-refractivity contribution in [3.8, 4) is 0 Å². The van der Waals surface area contributed by atoms with Crippen LogP contribution in [0.4, 0.5) is 0 Å². The molecule has 3 nitrogen and oxygen atoms in total. The van der Waals surface area contributed by atoms with Crippen LogP contribution in [-0.4, -0.2) is 34.1 Å². The molecule has 162 valence electrons. The lowest BCUT2D eigenvalue weighted by atomic mass is 9.41. The third kappa shape index (κ3) is 2.94. The largest absolute Gasteiger partial charge is 0.396 e. The Morgan fingerprint density at radius 2 is 1.61 bits per heavy atom. The molecule has 0 amide bonds. The van der Waals surface area contributed by atoms with Crippen molar-refractivity contribution in [2.24, 2.45) is 52.3 Å². The van der Waals surface area contributed by atoms with E-state index in [2.05, 4.69) is 27.7 Å². The molecule has 4 fully saturated rings. The molecule has 3 N–H and O–H groups in total. The molecule has 6 unspecified atom stereocenters. The highest BCUT2D eigenvalue weighted by atomic mass is 16.3. The van der Waals surface area contributed by atoms with Crippen molar-refractivity contribution < 1.29 is 15.3 Å². The highest BCUT2D eigenvalue weighted by Crippen LogP contribution is 2.69. The first kappa shape index (κ1) is 21.1. The Bertz CT molecular complexity index is 564. The van der Waals surface area contributed by atoms with Gasteiger partial charge in [-0.2, -0.15) is 0 Å². The minimum Gasteiger partial charge on any atom is -0.396 e. The fraction of sp³-hybridized carbons (Fsp3) is 1.00. The first-order valence-electron chi connectivity index (χ1n) is 12.2. The predicted molar refractivity (Wildman–Crippen MR) is 113 cm³/mol. The van der Waals surface area contributed by atoms with E-state index in [4.69, 9.17) is 0 Å². The topological polar surface area (TPSA) is 60.7 Å². The maximum absolute atomic E-state index is 11.7. The smallest absolute Gasteiger partial charge is 0.0605 e. The van der Waals surface area contributed by atoms with E-state index in [1.54, 1.807) is 0 Å². The van der Waals surface area contributed by atoms with E-state index in [0.717, 1.165) is 32.1 Å². The van der Waals surface area contributed by atoms with Gasteiger partial charge in [-0.25, -0.2) is 0 Å². The van der Waals surface area contributed by atoms with Crippen LogP contribution in [0.25, 0.3) is 0 Å². The first-order valence-corrected chi connectivity index (χ1v) is 12.2. The van der Waals surface area contributed by atoms with Crippen LogP contribution in [0.1, 0.15) is 85.5 Å². The van der Waals surface area contributed by atoms with Gasteiger partial charge in [-0.1, -0.05) is 34.1 Å². The summed E-state index contributed by atoms with van der Waals surface area (Å²) in [6, 6.07) is 0. The number of hydrogen-bond acceptors (Lipinski definition) is 3. The maximum atomic E-state index is 11.7. The summed E-state index contributed by atoms with van der Waals surface area (Å²) in [4.78, 5) is 0. The zero-order chi connectivity index (χ0) is 20.3. The highest BCUT2D eigenvalue weighted by Gasteiger charge is 2.64. The Hall–Kier alpha value is -0.120. The monoisotopic (exact) mass is 392 g/mol. The molecule has 0 spiro atoms. The molecule has 11 atom stereocenters. The summed E-state index contributed by atoms with van der Waals surface area (Å²) in [5.41, 5.74) is 0.617. The number of fused-ring (bicyclic) bond motifs is 5. The Morgan fingerprint density at radius 3 is 2.29 bits per heavy atom. The lowest BCUT2D eigenvalue weighted by Gasteiger charge is -2.64. The van der Waals surface area contributed by atoms with E-state index >= 15 is 0 Å². The second kappa shape index (κ2) is 7.54. The molecule has 28 heavy (non-hydrogen) atoms. The Balaban J connectivity index is 1.67. The van der Waals surface area contributed by atoms with Crippen molar-refractivity contribution >= 4 is 0 Å². The van der Waals surface area contributed by atoms with Crippen molar-refractivity contribution in [1.82, 2.24) is 0 Å². The summed E-state index contributed by atoms with van der Waals surface area (Å²) in [6.45, 7) is 9.92. The molecule has 4 rings (SSSR count). The number of aliphatic hydroxyl groups excluding tert-OH is 3. The third-order valence-corrected chi connectivity index (χ3v) is 10.7. The summed E-state index contributed by atoms with van der Waals surface area (Å²) in [5.74, 6) is 3.78. The van der Waals surface area contributed by atoms with E-state index in [1.165, 1.54) is 25.7 Å². The van der Waals surface area contributed by atoms with Gasteiger partial charge < -0.3 is 15.3 Å². The van der Waals surface area contributed by atoms with Crippen molar-refractivity contribution in [3.63, 3.8) is 0 Å². The van der Waals surface area contributed by atoms with Gasteiger partial charge in [-0.15, -0.1) is 0 Å². The van der Waals surface area contributed by atoms with Gasteiger partial charge in [-0.05, 0) is 104 Å². The van der Waals surface area contributed by atoms with Crippen LogP contribution in [0.5, 0.6) is 0 Å². The summed E-state index contributed by atoms with van der Waals surface area (Å²) in [6.07, 6.45) is 9.62. The Kier molecular flexibility index (Phi) is 5.69. The third-order valence-electron chi connectivity index (χ3n) is 10.7. The van der Waals surface area contributed by atoms with Crippen LogP contribution >= 0.6 is 0 Å². The second-order valence-electron chi connectivity index (χ2n) is 11.6. The summed E-state index contributed by atoms with van der Waals surface area (Å²) in [7, 11) is 0. The average molecular weight is 393 g/mol. The van der Waals surface area contributed by atoms with Gasteiger partial charge in [0.1, 0.15) is 0 Å². The molecule has 0 aromatic heterocycles. The molecule has 0 bridgehead atoms. The normalized spacial score (nSPS) is 54.5. The minimum atomic E-state index is -0.199. The zero-order valence-electron chi connectivity index (χ0n) is 18.6. The lowest BCUT2D eigenvalue weighted by Crippen LogP contribution is -2.62. The Labute approximate surface area is 172 Å². The molecule has 0 saturated heterocycles. The van der Waals surface area contributed by atoms with E-state index in [9.17, 15) is 15.3 Å². The van der Waals surface area contributed by atoms with Crippen molar-refractivity contribution in [2.75, 3.05) is 6.61 Å². The van der Waals surface area contributed by atoms with Crippen LogP contribution < -0.4 is 0 Å². The Morgan fingerprint density at radius 1 is 0.929 bits per heavy atom. The van der Waals surface area contributed by atoms with Gasteiger partial charge in [0.15, 0.2) is 0 Å². The molecular formula is C25H44O3. The lowest BCUT2D eigenvalue weighted by molar-refractivity contribution is -0.203. The minimum absolute atomic E-state index is 0.167. The fourth-order valence-electron chi connectivity index (χ4n) is 9.34. The quantitative estimate of drug-likeness (QED) is 0.653. The molecule has 4 saturated carbocycles. The molecule has 0 aliphatic heterocycles. The van der Waals surface area contributed by atoms with Gasteiger partial charge in [0.05, 0.1) is 12.2 Å². The molecule has 4 aliphatic rings. The van der Waals surface area contributed by atoms with E-state index in [1.807, 2.05) is 0 Å². The van der Waals surface area contributed by atoms with E-state index in [0.29, 0.717) is 58.9 Å². The SMILES string of the molecule is CC[C@@H]1C2C[C@@H](O)CCC2(C)C2CCC3(C)C(CC[C@@H]3[C@H](C)CCO)C2[C@@H]1O. The standard InChI is InChI=1S/C25H44O3/c1-5-17-21-14-16(27)8-11-25(21,4)20-9-12-24(3)18(15(2)10-13-26)6-7-19(24)22(20)23(17)28/h15-23,26-28H,5-14H2,1-4H3/t15-,16+,17-,18-,19?,20?,21?,22?,23-,24?,25?/m1/s1. The summed E-state index contributed by atoms with van der Waals surface area (Å²) in [5, 5.41) is 31.6. The van der Waals surface area contributed by atoms with Crippen LogP contribution in [-0.2, 0) is 0 Å². The molecule has 4 aliphatic carbocycles. The number of aliphatic hydroxyl groups is 3.